The summed E-state index contributed by atoms with van der Waals surface area (Å²) >= 11 is 0. The molecule has 0 unspecified atom stereocenters. The zero-order valence-corrected chi connectivity index (χ0v) is 28.0. The first kappa shape index (κ1) is 34.8. The fraction of sp³-hybridized carbons (Fsp3) is 0.550. The lowest BCUT2D eigenvalue weighted by molar-refractivity contribution is 0.299. The molecule has 226 valence electrons. The van der Waals surface area contributed by atoms with Crippen molar-refractivity contribution in [3.63, 3.8) is 0 Å². The molecule has 1 N–H and O–H groups in total. The highest BCUT2D eigenvalue weighted by Crippen LogP contribution is 2.41. The van der Waals surface area contributed by atoms with Gasteiger partial charge in [0.05, 0.1) is 6.61 Å². The summed E-state index contributed by atoms with van der Waals surface area (Å²) in [6.45, 7) is 20.7. The minimum absolute atomic E-state index is 0.158. The molecular formula is C40H60O. The molecule has 1 heteroatoms. The highest BCUT2D eigenvalue weighted by molar-refractivity contribution is 5.38. The van der Waals surface area contributed by atoms with Gasteiger partial charge in [0.2, 0.25) is 0 Å². The molecule has 41 heavy (non-hydrogen) atoms. The van der Waals surface area contributed by atoms with Gasteiger partial charge in [-0.1, -0.05) is 116 Å². The molecule has 0 radical (unpaired) electrons. The van der Waals surface area contributed by atoms with E-state index in [1.54, 1.807) is 5.57 Å². The van der Waals surface area contributed by atoms with E-state index in [0.29, 0.717) is 5.41 Å². The predicted octanol–water partition coefficient (Wildman–Crippen LogP) is 12.0. The Balaban J connectivity index is 1.78. The fourth-order valence-corrected chi connectivity index (χ4v) is 6.25. The van der Waals surface area contributed by atoms with Crippen LogP contribution < -0.4 is 0 Å². The van der Waals surface area contributed by atoms with E-state index >= 15 is 0 Å². The zero-order chi connectivity index (χ0) is 30.5. The molecule has 1 nitrogen and oxygen atoms in total. The first-order chi connectivity index (χ1) is 19.4. The van der Waals surface area contributed by atoms with Crippen molar-refractivity contribution < 1.29 is 5.11 Å². The highest BCUT2D eigenvalue weighted by Gasteiger charge is 2.28. The van der Waals surface area contributed by atoms with E-state index in [1.165, 1.54) is 71.1 Å². The summed E-state index contributed by atoms with van der Waals surface area (Å²) in [6, 6.07) is 0. The number of aliphatic hydroxyl groups excluding tert-OH is 1. The number of rotatable bonds is 13. The molecule has 0 aromatic carbocycles. The van der Waals surface area contributed by atoms with E-state index in [9.17, 15) is 5.11 Å². The topological polar surface area (TPSA) is 20.2 Å². The normalized spacial score (nSPS) is 21.3. The van der Waals surface area contributed by atoms with Crippen LogP contribution in [0.25, 0.3) is 0 Å². The van der Waals surface area contributed by atoms with Crippen LogP contribution in [0.4, 0.5) is 0 Å². The van der Waals surface area contributed by atoms with Crippen molar-refractivity contribution in [2.45, 2.75) is 127 Å². The lowest BCUT2D eigenvalue weighted by Gasteiger charge is -2.33. The van der Waals surface area contributed by atoms with E-state index in [4.69, 9.17) is 0 Å². The summed E-state index contributed by atoms with van der Waals surface area (Å²) in [7, 11) is 0. The largest absolute Gasteiger partial charge is 0.392 e. The van der Waals surface area contributed by atoms with Gasteiger partial charge in [-0.15, -0.1) is 0 Å². The molecule has 0 amide bonds. The molecule has 0 saturated heterocycles. The molecule has 0 atom stereocenters. The Bertz CT molecular complexity index is 1150. The summed E-state index contributed by atoms with van der Waals surface area (Å²) in [4.78, 5) is 0. The zero-order valence-electron chi connectivity index (χ0n) is 28.0. The molecule has 0 saturated carbocycles. The third kappa shape index (κ3) is 12.2. The fourth-order valence-electron chi connectivity index (χ4n) is 6.25. The summed E-state index contributed by atoms with van der Waals surface area (Å²) in [5.41, 5.74) is 11.5. The summed E-state index contributed by atoms with van der Waals surface area (Å²) in [5, 5.41) is 9.79. The van der Waals surface area contributed by atoms with Gasteiger partial charge in [-0.3, -0.25) is 0 Å². The Labute approximate surface area is 254 Å². The second-order valence-electron chi connectivity index (χ2n) is 13.8. The van der Waals surface area contributed by atoms with Crippen LogP contribution in [-0.2, 0) is 0 Å². The van der Waals surface area contributed by atoms with Crippen LogP contribution in [0.1, 0.15) is 127 Å². The van der Waals surface area contributed by atoms with Crippen LogP contribution in [0.3, 0.4) is 0 Å². The molecule has 0 bridgehead atoms. The van der Waals surface area contributed by atoms with Crippen LogP contribution in [0.2, 0.25) is 0 Å². The minimum atomic E-state index is 0.158. The lowest BCUT2D eigenvalue weighted by Crippen LogP contribution is -2.21. The first-order valence-electron chi connectivity index (χ1n) is 16.1. The number of hydrogen-bond acceptors (Lipinski definition) is 1. The molecule has 0 fully saturated rings. The van der Waals surface area contributed by atoms with E-state index in [-0.39, 0.29) is 12.0 Å². The summed E-state index contributed by atoms with van der Waals surface area (Å²) < 4.78 is 0. The SMILES string of the molecule is CC1=C(/C=C/C(C)=C/C=C/C(C)=C/CC/C=C(\C)CC/C=C(C)/C=C\C2=C(CO)CCCC2(C)C)C(C)(C)CCC1. The van der Waals surface area contributed by atoms with Crippen LogP contribution in [0.15, 0.2) is 105 Å². The molecular weight excluding hydrogens is 496 g/mol. The van der Waals surface area contributed by atoms with E-state index in [1.807, 2.05) is 0 Å². The number of unbranched alkanes of at least 4 members (excludes halogenated alkanes) is 1. The van der Waals surface area contributed by atoms with Crippen LogP contribution in [-0.4, -0.2) is 11.7 Å². The summed E-state index contributed by atoms with van der Waals surface area (Å²) in [5.74, 6) is 0. The molecule has 0 aromatic heterocycles. The number of allylic oxidation sites excluding steroid dienone is 17. The maximum atomic E-state index is 9.79. The quantitative estimate of drug-likeness (QED) is 0.136. The van der Waals surface area contributed by atoms with Crippen molar-refractivity contribution in [3.8, 4) is 0 Å². The molecule has 0 aliphatic heterocycles. The van der Waals surface area contributed by atoms with Gasteiger partial charge in [-0.25, -0.2) is 0 Å². The third-order valence-electron chi connectivity index (χ3n) is 9.00. The average Bonchev–Trinajstić information content (AvgIpc) is 2.89. The second-order valence-corrected chi connectivity index (χ2v) is 13.8. The Morgan fingerprint density at radius 2 is 1.27 bits per heavy atom. The van der Waals surface area contributed by atoms with Crippen LogP contribution >= 0.6 is 0 Å². The Kier molecular flexibility index (Phi) is 14.4. The third-order valence-corrected chi connectivity index (χ3v) is 9.00. The van der Waals surface area contributed by atoms with Crippen LogP contribution in [0.5, 0.6) is 0 Å². The highest BCUT2D eigenvalue weighted by atomic mass is 16.3. The molecule has 2 aliphatic rings. The number of aliphatic hydroxyl groups is 1. The monoisotopic (exact) mass is 556 g/mol. The van der Waals surface area contributed by atoms with Gasteiger partial charge in [0.25, 0.3) is 0 Å². The lowest BCUT2D eigenvalue weighted by atomic mass is 9.72. The Morgan fingerprint density at radius 1 is 0.707 bits per heavy atom. The molecule has 2 rings (SSSR count). The standard InChI is InChI=1S/C40H60O/c1-31(18-12-20-33(3)24-26-37-35(5)22-14-28-39(37,6)7)16-10-11-17-32(2)19-13-21-34(4)25-27-38-36(30-41)23-15-29-40(38,8)9/h12,16-18,20-21,24-27,41H,10-11,13-15,19,22-23,28-30H2,1-9H3/b18-12+,26-24+,27-25-,31-16+,32-17+,33-20+,34-21+. The summed E-state index contributed by atoms with van der Waals surface area (Å²) in [6.07, 6.45) is 34.4. The average molecular weight is 557 g/mol. The van der Waals surface area contributed by atoms with Crippen molar-refractivity contribution in [1.29, 1.82) is 0 Å². The predicted molar refractivity (Wildman–Crippen MR) is 183 cm³/mol. The van der Waals surface area contributed by atoms with Gasteiger partial charge in [0, 0.05) is 0 Å². The van der Waals surface area contributed by atoms with Gasteiger partial charge >= 0.3 is 0 Å². The molecule has 2 aliphatic carbocycles. The van der Waals surface area contributed by atoms with E-state index in [2.05, 4.69) is 123 Å². The maximum Gasteiger partial charge on any atom is 0.0647 e. The van der Waals surface area contributed by atoms with Crippen molar-refractivity contribution in [2.75, 3.05) is 6.61 Å². The minimum Gasteiger partial charge on any atom is -0.392 e. The van der Waals surface area contributed by atoms with Gasteiger partial charge in [-0.05, 0) is 126 Å². The Hall–Kier alpha value is -2.38. The van der Waals surface area contributed by atoms with Crippen molar-refractivity contribution in [3.05, 3.63) is 105 Å². The Morgan fingerprint density at radius 3 is 1.95 bits per heavy atom. The van der Waals surface area contributed by atoms with E-state index < -0.39 is 0 Å². The van der Waals surface area contributed by atoms with Crippen molar-refractivity contribution in [2.24, 2.45) is 10.8 Å². The van der Waals surface area contributed by atoms with Gasteiger partial charge in [-0.2, -0.15) is 0 Å². The second kappa shape index (κ2) is 16.9. The molecule has 0 heterocycles. The van der Waals surface area contributed by atoms with Gasteiger partial charge < -0.3 is 5.11 Å². The molecule has 0 aromatic rings. The van der Waals surface area contributed by atoms with Crippen LogP contribution in [0, 0.1) is 10.8 Å². The number of hydrogen-bond donors (Lipinski definition) is 1. The first-order valence-corrected chi connectivity index (χ1v) is 16.1. The van der Waals surface area contributed by atoms with Gasteiger partial charge in [0.1, 0.15) is 0 Å². The maximum absolute atomic E-state index is 9.79. The van der Waals surface area contributed by atoms with Crippen molar-refractivity contribution >= 4 is 0 Å². The van der Waals surface area contributed by atoms with Crippen molar-refractivity contribution in [1.82, 2.24) is 0 Å². The van der Waals surface area contributed by atoms with E-state index in [0.717, 1.165) is 32.1 Å². The van der Waals surface area contributed by atoms with Gasteiger partial charge in [0.15, 0.2) is 0 Å². The smallest absolute Gasteiger partial charge is 0.0647 e. The molecule has 0 spiro atoms.